The van der Waals surface area contributed by atoms with Gasteiger partial charge in [0.05, 0.1) is 5.69 Å². The van der Waals surface area contributed by atoms with Crippen molar-refractivity contribution < 1.29 is 4.79 Å². The first-order valence-corrected chi connectivity index (χ1v) is 5.05. The number of amides is 1. The number of rotatable bonds is 3. The summed E-state index contributed by atoms with van der Waals surface area (Å²) in [6.45, 7) is 2.03. The van der Waals surface area contributed by atoms with Crippen LogP contribution in [0.2, 0.25) is 0 Å². The molecule has 1 heterocycles. The first-order chi connectivity index (χ1) is 7.66. The van der Waals surface area contributed by atoms with Crippen molar-refractivity contribution in [1.29, 1.82) is 0 Å². The van der Waals surface area contributed by atoms with E-state index in [1.54, 1.807) is 4.68 Å². The minimum absolute atomic E-state index is 0.124. The van der Waals surface area contributed by atoms with Gasteiger partial charge in [-0.25, -0.2) is 0 Å². The van der Waals surface area contributed by atoms with Crippen LogP contribution in [-0.2, 0) is 11.3 Å². The summed E-state index contributed by atoms with van der Waals surface area (Å²) in [5, 5.41) is 4.34. The molecular formula is C12H13N3O. The highest BCUT2D eigenvalue weighted by molar-refractivity contribution is 5.73. The van der Waals surface area contributed by atoms with Crippen LogP contribution in [0.4, 0.5) is 0 Å². The minimum Gasteiger partial charge on any atom is -0.368 e. The van der Waals surface area contributed by atoms with E-state index < -0.39 is 0 Å². The Labute approximate surface area is 93.7 Å². The highest BCUT2D eigenvalue weighted by atomic mass is 16.1. The molecule has 0 aliphatic heterocycles. The third-order valence-corrected chi connectivity index (χ3v) is 2.36. The Bertz CT molecular complexity index is 502. The zero-order valence-electron chi connectivity index (χ0n) is 9.05. The van der Waals surface area contributed by atoms with Gasteiger partial charge in [0.15, 0.2) is 0 Å². The number of primary amides is 1. The molecule has 0 radical (unpaired) electrons. The Morgan fingerprint density at radius 2 is 2.06 bits per heavy atom. The van der Waals surface area contributed by atoms with Crippen LogP contribution in [0.25, 0.3) is 11.3 Å². The molecule has 4 heteroatoms. The predicted molar refractivity (Wildman–Crippen MR) is 61.6 cm³/mol. The zero-order chi connectivity index (χ0) is 11.5. The number of hydrogen-bond acceptors (Lipinski definition) is 2. The summed E-state index contributed by atoms with van der Waals surface area (Å²) < 4.78 is 1.62. The van der Waals surface area contributed by atoms with Crippen LogP contribution in [0.3, 0.4) is 0 Å². The van der Waals surface area contributed by atoms with Gasteiger partial charge in [-0.15, -0.1) is 0 Å². The maximum absolute atomic E-state index is 10.8. The molecule has 4 nitrogen and oxygen atoms in total. The van der Waals surface area contributed by atoms with E-state index in [4.69, 9.17) is 5.73 Å². The first kappa shape index (κ1) is 10.4. The molecule has 0 fully saturated rings. The summed E-state index contributed by atoms with van der Waals surface area (Å²) in [6, 6.07) is 11.8. The largest absolute Gasteiger partial charge is 0.368 e. The van der Waals surface area contributed by atoms with Gasteiger partial charge in [-0.2, -0.15) is 5.10 Å². The van der Waals surface area contributed by atoms with E-state index in [1.807, 2.05) is 43.3 Å². The lowest BCUT2D eigenvalue weighted by molar-refractivity contribution is -0.118. The standard InChI is InChI=1S/C12H13N3O/c1-9-7-11(10-5-3-2-4-6-10)14-15(9)8-12(13)16/h2-7H,8H2,1H3,(H2,13,16). The number of carbonyl (C=O) groups excluding carboxylic acids is 1. The molecule has 0 bridgehead atoms. The fourth-order valence-corrected chi connectivity index (χ4v) is 1.57. The first-order valence-electron chi connectivity index (χ1n) is 5.05. The molecule has 2 N–H and O–H groups in total. The van der Waals surface area contributed by atoms with Crippen LogP contribution in [0.1, 0.15) is 5.69 Å². The van der Waals surface area contributed by atoms with Crippen LogP contribution >= 0.6 is 0 Å². The van der Waals surface area contributed by atoms with Crippen molar-refractivity contribution in [2.45, 2.75) is 13.5 Å². The molecule has 0 spiro atoms. The molecule has 16 heavy (non-hydrogen) atoms. The van der Waals surface area contributed by atoms with Crippen molar-refractivity contribution in [3.05, 3.63) is 42.1 Å². The number of nitrogens with zero attached hydrogens (tertiary/aromatic N) is 2. The lowest BCUT2D eigenvalue weighted by Gasteiger charge is -1.99. The fourth-order valence-electron chi connectivity index (χ4n) is 1.57. The number of carbonyl (C=O) groups is 1. The van der Waals surface area contributed by atoms with E-state index >= 15 is 0 Å². The Morgan fingerprint density at radius 3 is 2.69 bits per heavy atom. The SMILES string of the molecule is Cc1cc(-c2ccccc2)nn1CC(N)=O. The molecule has 1 aromatic carbocycles. The molecule has 0 saturated heterocycles. The second-order valence-electron chi connectivity index (χ2n) is 3.66. The third-order valence-electron chi connectivity index (χ3n) is 2.36. The summed E-state index contributed by atoms with van der Waals surface area (Å²) in [5.41, 5.74) is 7.97. The molecule has 0 atom stereocenters. The highest BCUT2D eigenvalue weighted by Crippen LogP contribution is 2.18. The summed E-state index contributed by atoms with van der Waals surface area (Å²) in [7, 11) is 0. The highest BCUT2D eigenvalue weighted by Gasteiger charge is 2.07. The number of hydrogen-bond donors (Lipinski definition) is 1. The Kier molecular flexibility index (Phi) is 2.72. The van der Waals surface area contributed by atoms with Gasteiger partial charge in [0.25, 0.3) is 0 Å². The van der Waals surface area contributed by atoms with E-state index in [-0.39, 0.29) is 12.5 Å². The minimum atomic E-state index is -0.384. The molecule has 82 valence electrons. The van der Waals surface area contributed by atoms with Crippen LogP contribution < -0.4 is 5.73 Å². The van der Waals surface area contributed by atoms with Gasteiger partial charge in [0.2, 0.25) is 5.91 Å². The van der Waals surface area contributed by atoms with Crippen LogP contribution in [0.15, 0.2) is 36.4 Å². The van der Waals surface area contributed by atoms with E-state index in [2.05, 4.69) is 5.10 Å². The summed E-state index contributed by atoms with van der Waals surface area (Å²) in [6.07, 6.45) is 0. The Hall–Kier alpha value is -2.10. The van der Waals surface area contributed by atoms with E-state index in [0.717, 1.165) is 17.0 Å². The maximum atomic E-state index is 10.8. The van der Waals surface area contributed by atoms with Crippen LogP contribution in [0, 0.1) is 6.92 Å². The van der Waals surface area contributed by atoms with Gasteiger partial charge in [0.1, 0.15) is 6.54 Å². The van der Waals surface area contributed by atoms with E-state index in [9.17, 15) is 4.79 Å². The normalized spacial score (nSPS) is 10.3. The fraction of sp³-hybridized carbons (Fsp3) is 0.167. The lowest BCUT2D eigenvalue weighted by Crippen LogP contribution is -2.20. The third kappa shape index (κ3) is 2.11. The smallest absolute Gasteiger partial charge is 0.239 e. The molecular weight excluding hydrogens is 202 g/mol. The van der Waals surface area contributed by atoms with Gasteiger partial charge in [-0.3, -0.25) is 9.48 Å². The van der Waals surface area contributed by atoms with Crippen molar-refractivity contribution in [3.8, 4) is 11.3 Å². The maximum Gasteiger partial charge on any atom is 0.239 e. The quantitative estimate of drug-likeness (QED) is 0.840. The molecule has 1 aromatic heterocycles. The molecule has 1 amide bonds. The second kappa shape index (κ2) is 4.18. The van der Waals surface area contributed by atoms with Crippen molar-refractivity contribution >= 4 is 5.91 Å². The number of nitrogens with two attached hydrogens (primary N) is 1. The number of benzene rings is 1. The van der Waals surface area contributed by atoms with E-state index in [0.29, 0.717) is 0 Å². The lowest BCUT2D eigenvalue weighted by atomic mass is 10.1. The molecule has 0 saturated carbocycles. The van der Waals surface area contributed by atoms with Gasteiger partial charge in [-0.1, -0.05) is 30.3 Å². The average Bonchev–Trinajstić information content (AvgIpc) is 2.61. The number of aryl methyl sites for hydroxylation is 1. The Morgan fingerprint density at radius 1 is 1.38 bits per heavy atom. The van der Waals surface area contributed by atoms with E-state index in [1.165, 1.54) is 0 Å². The van der Waals surface area contributed by atoms with Gasteiger partial charge < -0.3 is 5.73 Å². The Balaban J connectivity index is 2.34. The summed E-state index contributed by atoms with van der Waals surface area (Å²) in [4.78, 5) is 10.8. The topological polar surface area (TPSA) is 60.9 Å². The molecule has 0 unspecified atom stereocenters. The second-order valence-corrected chi connectivity index (χ2v) is 3.66. The van der Waals surface area contributed by atoms with Gasteiger partial charge in [-0.05, 0) is 13.0 Å². The monoisotopic (exact) mass is 215 g/mol. The predicted octanol–water partition coefficient (Wildman–Crippen LogP) is 1.34. The summed E-state index contributed by atoms with van der Waals surface area (Å²) in [5.74, 6) is -0.384. The molecule has 2 aromatic rings. The van der Waals surface area contributed by atoms with Crippen molar-refractivity contribution in [1.82, 2.24) is 9.78 Å². The van der Waals surface area contributed by atoms with Crippen molar-refractivity contribution in [2.24, 2.45) is 5.73 Å². The summed E-state index contributed by atoms with van der Waals surface area (Å²) >= 11 is 0. The van der Waals surface area contributed by atoms with Crippen LogP contribution in [-0.4, -0.2) is 15.7 Å². The van der Waals surface area contributed by atoms with Gasteiger partial charge >= 0.3 is 0 Å². The molecule has 0 aliphatic carbocycles. The van der Waals surface area contributed by atoms with Crippen molar-refractivity contribution in [2.75, 3.05) is 0 Å². The zero-order valence-corrected chi connectivity index (χ0v) is 9.05. The average molecular weight is 215 g/mol. The molecule has 0 aliphatic rings. The number of aromatic nitrogens is 2. The van der Waals surface area contributed by atoms with Crippen LogP contribution in [0.5, 0.6) is 0 Å². The molecule has 2 rings (SSSR count). The van der Waals surface area contributed by atoms with Gasteiger partial charge in [0, 0.05) is 11.3 Å². The van der Waals surface area contributed by atoms with Crippen molar-refractivity contribution in [3.63, 3.8) is 0 Å².